The molecule has 0 spiro atoms. The zero-order chi connectivity index (χ0) is 27.7. The van der Waals surface area contributed by atoms with Gasteiger partial charge in [0.15, 0.2) is 0 Å². The Morgan fingerprint density at radius 1 is 0.611 bits per heavy atom. The summed E-state index contributed by atoms with van der Waals surface area (Å²) in [7, 11) is 0. The van der Waals surface area contributed by atoms with Gasteiger partial charge >= 0.3 is 24.7 Å². The highest BCUT2D eigenvalue weighted by Crippen LogP contribution is 2.41. The number of hydrogen-bond donors (Lipinski definition) is 1. The molecule has 2 unspecified atom stereocenters. The molecule has 0 fully saturated rings. The lowest BCUT2D eigenvalue weighted by molar-refractivity contribution is -0.144. The number of aliphatic hydroxyl groups is 1. The number of hydrogen-bond acceptors (Lipinski definition) is 2. The van der Waals surface area contributed by atoms with Crippen LogP contribution in [0.5, 0.6) is 0 Å². The minimum atomic E-state index is -5.24. The average Bonchev–Trinajstić information content (AvgIpc) is 2.73. The molecule has 2 aromatic rings. The first-order valence-electron chi connectivity index (χ1n) is 9.68. The van der Waals surface area contributed by atoms with Crippen molar-refractivity contribution in [1.29, 1.82) is 0 Å². The molecule has 0 aliphatic carbocycles. The molecule has 36 heavy (non-hydrogen) atoms. The van der Waals surface area contributed by atoms with Gasteiger partial charge in [0.05, 0.1) is 41.1 Å². The monoisotopic (exact) mass is 654 g/mol. The van der Waals surface area contributed by atoms with E-state index in [2.05, 4.69) is 0 Å². The molecule has 0 radical (unpaired) electrons. The maximum Gasteiger partial charge on any atom is 0.416 e. The lowest BCUT2D eigenvalue weighted by atomic mass is 9.93. The van der Waals surface area contributed by atoms with E-state index in [4.69, 9.17) is 4.74 Å². The molecule has 2 atom stereocenters. The van der Waals surface area contributed by atoms with Crippen LogP contribution < -0.4 is 0 Å². The van der Waals surface area contributed by atoms with Crippen LogP contribution in [0.4, 0.5) is 52.7 Å². The standard InChI is InChI=1S/C21H15F12IO2/c22-18(23,24)12-3-10(4-13(7-12)19(25,26)27)16(35)9-17(36-2-1-34)11-5-14(20(28,29)30)8-15(6-11)21(31,32)33/h3-8,16-17,35H,1-2,9H2. The van der Waals surface area contributed by atoms with Gasteiger partial charge in [-0.15, -0.1) is 0 Å². The highest BCUT2D eigenvalue weighted by molar-refractivity contribution is 14.1. The third-order valence-corrected chi connectivity index (χ3v) is 5.25. The molecule has 0 aliphatic heterocycles. The van der Waals surface area contributed by atoms with E-state index in [1.165, 1.54) is 0 Å². The summed E-state index contributed by atoms with van der Waals surface area (Å²) in [5.74, 6) is 0. The number of rotatable bonds is 7. The quantitative estimate of drug-likeness (QED) is 0.185. The van der Waals surface area contributed by atoms with E-state index in [0.717, 1.165) is 0 Å². The summed E-state index contributed by atoms with van der Waals surface area (Å²) in [4.78, 5) is 0. The first kappa shape index (κ1) is 30.5. The Kier molecular flexibility index (Phi) is 9.25. The van der Waals surface area contributed by atoms with Crippen molar-refractivity contribution in [2.45, 2.75) is 43.3 Å². The van der Waals surface area contributed by atoms with Crippen molar-refractivity contribution in [2.24, 2.45) is 0 Å². The Morgan fingerprint density at radius 3 is 1.25 bits per heavy atom. The highest BCUT2D eigenvalue weighted by Gasteiger charge is 2.39. The van der Waals surface area contributed by atoms with E-state index in [0.29, 0.717) is 12.1 Å². The third-order valence-electron chi connectivity index (χ3n) is 4.81. The topological polar surface area (TPSA) is 29.5 Å². The van der Waals surface area contributed by atoms with Crippen molar-refractivity contribution in [2.75, 3.05) is 11.0 Å². The van der Waals surface area contributed by atoms with Gasteiger partial charge in [-0.25, -0.2) is 0 Å². The molecule has 0 amide bonds. The van der Waals surface area contributed by atoms with Gasteiger partial charge in [0.1, 0.15) is 0 Å². The van der Waals surface area contributed by atoms with E-state index in [1.54, 1.807) is 22.6 Å². The van der Waals surface area contributed by atoms with Crippen LogP contribution in [0.2, 0.25) is 0 Å². The third kappa shape index (κ3) is 8.13. The second kappa shape index (κ2) is 10.9. The summed E-state index contributed by atoms with van der Waals surface area (Å²) in [5.41, 5.74) is -8.54. The van der Waals surface area contributed by atoms with E-state index >= 15 is 0 Å². The van der Waals surface area contributed by atoms with Gasteiger partial charge in [-0.05, 0) is 47.5 Å². The molecule has 2 rings (SSSR count). The lowest BCUT2D eigenvalue weighted by Gasteiger charge is -2.24. The fourth-order valence-electron chi connectivity index (χ4n) is 3.16. The Balaban J connectivity index is 2.58. The lowest BCUT2D eigenvalue weighted by Crippen LogP contribution is -2.17. The molecule has 0 aliphatic rings. The average molecular weight is 654 g/mol. The number of halogens is 13. The molecule has 0 bridgehead atoms. The molecule has 0 aromatic heterocycles. The summed E-state index contributed by atoms with van der Waals surface area (Å²) in [5, 5.41) is 10.4. The summed E-state index contributed by atoms with van der Waals surface area (Å²) >= 11 is 1.75. The zero-order valence-electron chi connectivity index (χ0n) is 17.5. The summed E-state index contributed by atoms with van der Waals surface area (Å²) in [6.45, 7) is -0.258. The Morgan fingerprint density at radius 2 is 0.944 bits per heavy atom. The van der Waals surface area contributed by atoms with Crippen molar-refractivity contribution in [3.63, 3.8) is 0 Å². The van der Waals surface area contributed by atoms with Crippen molar-refractivity contribution < 1.29 is 62.5 Å². The highest BCUT2D eigenvalue weighted by atomic mass is 127. The maximum atomic E-state index is 13.2. The molecule has 0 saturated heterocycles. The van der Waals surface area contributed by atoms with Crippen molar-refractivity contribution in [1.82, 2.24) is 0 Å². The molecule has 202 valence electrons. The van der Waals surface area contributed by atoms with E-state index in [-0.39, 0.29) is 35.3 Å². The second-order valence-corrected chi connectivity index (χ2v) is 8.56. The van der Waals surface area contributed by atoms with Gasteiger partial charge in [0, 0.05) is 10.8 Å². The normalized spacial score (nSPS) is 15.2. The number of alkyl halides is 13. The molecular weight excluding hydrogens is 639 g/mol. The minimum Gasteiger partial charge on any atom is -0.388 e. The number of aliphatic hydroxyl groups excluding tert-OH is 1. The van der Waals surface area contributed by atoms with E-state index in [9.17, 15) is 57.8 Å². The smallest absolute Gasteiger partial charge is 0.388 e. The second-order valence-electron chi connectivity index (χ2n) is 7.48. The largest absolute Gasteiger partial charge is 0.416 e. The van der Waals surface area contributed by atoms with Crippen LogP contribution in [0.3, 0.4) is 0 Å². The molecule has 0 saturated carbocycles. The van der Waals surface area contributed by atoms with Crippen LogP contribution in [0, 0.1) is 0 Å². The fourth-order valence-corrected chi connectivity index (χ4v) is 3.42. The van der Waals surface area contributed by atoms with Gasteiger partial charge in [0.2, 0.25) is 0 Å². The van der Waals surface area contributed by atoms with E-state index < -0.39 is 76.7 Å². The zero-order valence-corrected chi connectivity index (χ0v) is 19.7. The Bertz CT molecular complexity index is 977. The fraction of sp³-hybridized carbons (Fsp3) is 0.429. The van der Waals surface area contributed by atoms with Crippen molar-refractivity contribution >= 4 is 22.6 Å². The summed E-state index contributed by atoms with van der Waals surface area (Å²) in [6, 6.07) is 0.700. The van der Waals surface area contributed by atoms with Crippen molar-refractivity contribution in [3.8, 4) is 0 Å². The molecule has 15 heteroatoms. The van der Waals surface area contributed by atoms with Crippen molar-refractivity contribution in [3.05, 3.63) is 69.8 Å². The summed E-state index contributed by atoms with van der Waals surface area (Å²) in [6.07, 6.45) is -25.8. The van der Waals surface area contributed by atoms with E-state index in [1.807, 2.05) is 0 Å². The number of benzene rings is 2. The molecule has 2 nitrogen and oxygen atoms in total. The SMILES string of the molecule is OC(CC(OCCI)c1cc(C(F)(F)F)cc(C(F)(F)F)c1)c1cc(C(F)(F)F)cc(C(F)(F)F)c1. The van der Waals surface area contributed by atoms with Crippen LogP contribution in [0.1, 0.15) is 52.0 Å². The molecule has 2 aromatic carbocycles. The Labute approximate surface area is 209 Å². The predicted molar refractivity (Wildman–Crippen MR) is 110 cm³/mol. The Hall–Kier alpha value is -1.75. The van der Waals surface area contributed by atoms with Crippen LogP contribution in [0.15, 0.2) is 36.4 Å². The van der Waals surface area contributed by atoms with Crippen LogP contribution in [-0.4, -0.2) is 16.1 Å². The first-order chi connectivity index (χ1) is 16.2. The van der Waals surface area contributed by atoms with Gasteiger partial charge in [-0.2, -0.15) is 52.7 Å². The van der Waals surface area contributed by atoms with Gasteiger partial charge < -0.3 is 9.84 Å². The number of ether oxygens (including phenoxy) is 1. The van der Waals surface area contributed by atoms with Crippen LogP contribution in [-0.2, 0) is 29.4 Å². The van der Waals surface area contributed by atoms with Crippen LogP contribution in [0.25, 0.3) is 0 Å². The summed E-state index contributed by atoms with van der Waals surface area (Å²) < 4.78 is 163. The molecule has 0 heterocycles. The molecular formula is C21H15F12IO2. The minimum absolute atomic E-state index is 0.155. The maximum absolute atomic E-state index is 13.2. The molecule has 1 N–H and O–H groups in total. The first-order valence-corrected chi connectivity index (χ1v) is 11.2. The van der Waals surface area contributed by atoms with Gasteiger partial charge in [-0.3, -0.25) is 0 Å². The van der Waals surface area contributed by atoms with Gasteiger partial charge in [-0.1, -0.05) is 22.6 Å². The predicted octanol–water partition coefficient (Wildman–Crippen LogP) is 8.38. The van der Waals surface area contributed by atoms with Crippen LogP contribution >= 0.6 is 22.6 Å². The van der Waals surface area contributed by atoms with Gasteiger partial charge in [0.25, 0.3) is 0 Å².